The van der Waals surface area contributed by atoms with Crippen LogP contribution in [0.15, 0.2) is 72.8 Å². The van der Waals surface area contributed by atoms with Crippen LogP contribution in [0.4, 0.5) is 0 Å². The Bertz CT molecular complexity index is 1150. The van der Waals surface area contributed by atoms with Gasteiger partial charge in [0, 0.05) is 6.54 Å². The maximum atomic E-state index is 12.8. The average Bonchev–Trinajstić information content (AvgIpc) is 2.91. The number of amides is 1. The molecule has 3 rings (SSSR count). The largest absolute Gasteiger partial charge is 0.493 e. The summed E-state index contributed by atoms with van der Waals surface area (Å²) in [5.41, 5.74) is 1.32. The highest BCUT2D eigenvalue weighted by molar-refractivity contribution is 7.80. The highest BCUT2D eigenvalue weighted by atomic mass is 32.1. The van der Waals surface area contributed by atoms with Gasteiger partial charge in [0.05, 0.1) is 19.3 Å². The molecule has 7 nitrogen and oxygen atoms in total. The summed E-state index contributed by atoms with van der Waals surface area (Å²) < 4.78 is 22.8. The summed E-state index contributed by atoms with van der Waals surface area (Å²) in [6, 6.07) is 22.2. The molecule has 1 amide bonds. The topological polar surface area (TPSA) is 78.1 Å². The lowest BCUT2D eigenvalue weighted by Crippen LogP contribution is -2.39. The molecular weight excluding hydrogens is 488 g/mol. The van der Waals surface area contributed by atoms with E-state index in [4.69, 9.17) is 31.2 Å². The van der Waals surface area contributed by atoms with Crippen molar-refractivity contribution in [2.45, 2.75) is 26.8 Å². The van der Waals surface area contributed by atoms with Crippen LogP contribution in [-0.2, 0) is 6.54 Å². The van der Waals surface area contributed by atoms with E-state index < -0.39 is 0 Å². The van der Waals surface area contributed by atoms with Gasteiger partial charge in [-0.1, -0.05) is 50.2 Å². The summed E-state index contributed by atoms with van der Waals surface area (Å²) in [5, 5.41) is 5.99. The van der Waals surface area contributed by atoms with Crippen molar-refractivity contribution in [1.29, 1.82) is 0 Å². The number of ether oxygens (including phenoxy) is 4. The zero-order valence-electron chi connectivity index (χ0n) is 21.5. The summed E-state index contributed by atoms with van der Waals surface area (Å²) in [6.07, 6.45) is 0.968. The van der Waals surface area contributed by atoms with Crippen LogP contribution in [0.5, 0.6) is 23.0 Å². The highest BCUT2D eigenvalue weighted by Crippen LogP contribution is 2.28. The number of carbonyl (C=O) groups is 1. The first-order valence-electron chi connectivity index (χ1n) is 12.2. The number of carbonyl (C=O) groups excluding carboxylic acids is 1. The Hall–Kier alpha value is -3.78. The normalized spacial score (nSPS) is 10.5. The van der Waals surface area contributed by atoms with Crippen LogP contribution < -0.4 is 29.6 Å². The molecule has 0 heterocycles. The molecule has 0 saturated heterocycles. The van der Waals surface area contributed by atoms with Gasteiger partial charge in [0.2, 0.25) is 0 Å². The second kappa shape index (κ2) is 14.7. The van der Waals surface area contributed by atoms with Crippen molar-refractivity contribution in [3.05, 3.63) is 83.9 Å². The van der Waals surface area contributed by atoms with Crippen LogP contribution in [0.3, 0.4) is 0 Å². The molecular formula is C29H34N2O5S. The molecule has 37 heavy (non-hydrogen) atoms. The fourth-order valence-corrected chi connectivity index (χ4v) is 3.52. The van der Waals surface area contributed by atoms with E-state index >= 15 is 0 Å². The van der Waals surface area contributed by atoms with Crippen molar-refractivity contribution in [2.75, 3.05) is 26.9 Å². The number of nitrogens with one attached hydrogen (secondary N) is 2. The lowest BCUT2D eigenvalue weighted by molar-refractivity contribution is 0.0971. The fourth-order valence-electron chi connectivity index (χ4n) is 3.35. The monoisotopic (exact) mass is 522 g/mol. The zero-order chi connectivity index (χ0) is 26.5. The third kappa shape index (κ3) is 9.31. The van der Waals surface area contributed by atoms with Crippen molar-refractivity contribution in [1.82, 2.24) is 10.6 Å². The van der Waals surface area contributed by atoms with Crippen LogP contribution >= 0.6 is 12.2 Å². The maximum absolute atomic E-state index is 12.8. The highest BCUT2D eigenvalue weighted by Gasteiger charge is 2.14. The third-order valence-corrected chi connectivity index (χ3v) is 5.59. The minimum Gasteiger partial charge on any atom is -0.493 e. The molecule has 0 saturated carbocycles. The van der Waals surface area contributed by atoms with Gasteiger partial charge in [-0.2, -0.15) is 0 Å². The van der Waals surface area contributed by atoms with E-state index in [0.29, 0.717) is 55.1 Å². The van der Waals surface area contributed by atoms with Crippen LogP contribution in [0.1, 0.15) is 36.2 Å². The number of hydrogen-bond donors (Lipinski definition) is 2. The second-order valence-electron chi connectivity index (χ2n) is 8.66. The van der Waals surface area contributed by atoms with Gasteiger partial charge in [0.1, 0.15) is 24.7 Å². The first kappa shape index (κ1) is 27.8. The summed E-state index contributed by atoms with van der Waals surface area (Å²) in [4.78, 5) is 12.8. The molecule has 2 N–H and O–H groups in total. The fraction of sp³-hybridized carbons (Fsp3) is 0.310. The summed E-state index contributed by atoms with van der Waals surface area (Å²) in [5.74, 6) is 2.78. The van der Waals surface area contributed by atoms with Gasteiger partial charge in [-0.3, -0.25) is 10.1 Å². The molecule has 0 unspecified atom stereocenters. The quantitative estimate of drug-likeness (QED) is 0.230. The van der Waals surface area contributed by atoms with Crippen LogP contribution in [0.2, 0.25) is 0 Å². The Morgan fingerprint density at radius 2 is 1.54 bits per heavy atom. The number of para-hydroxylation sites is 2. The molecule has 3 aromatic carbocycles. The van der Waals surface area contributed by atoms with Crippen LogP contribution in [0, 0.1) is 5.92 Å². The lowest BCUT2D eigenvalue weighted by atomic mass is 10.1. The Labute approximate surface area is 224 Å². The van der Waals surface area contributed by atoms with Crippen molar-refractivity contribution in [2.24, 2.45) is 5.92 Å². The molecule has 0 aliphatic carbocycles. The van der Waals surface area contributed by atoms with Crippen molar-refractivity contribution in [3.8, 4) is 23.0 Å². The minimum absolute atomic E-state index is 0.212. The van der Waals surface area contributed by atoms with Gasteiger partial charge in [-0.15, -0.1) is 0 Å². The van der Waals surface area contributed by atoms with Crippen LogP contribution in [0.25, 0.3) is 0 Å². The van der Waals surface area contributed by atoms with Crippen molar-refractivity contribution in [3.63, 3.8) is 0 Å². The summed E-state index contributed by atoms with van der Waals surface area (Å²) in [7, 11) is 1.61. The van der Waals surface area contributed by atoms with E-state index in [9.17, 15) is 4.79 Å². The molecule has 0 aromatic heterocycles. The zero-order valence-corrected chi connectivity index (χ0v) is 22.3. The van der Waals surface area contributed by atoms with Gasteiger partial charge in [-0.05, 0) is 66.5 Å². The van der Waals surface area contributed by atoms with Crippen LogP contribution in [-0.4, -0.2) is 38.0 Å². The molecule has 0 atom stereocenters. The van der Waals surface area contributed by atoms with Gasteiger partial charge >= 0.3 is 0 Å². The predicted molar refractivity (Wildman–Crippen MR) is 149 cm³/mol. The molecule has 3 aromatic rings. The molecule has 0 aliphatic heterocycles. The Morgan fingerprint density at radius 3 is 2.30 bits per heavy atom. The predicted octanol–water partition coefficient (Wildman–Crippen LogP) is 5.38. The average molecular weight is 523 g/mol. The standard InChI is InChI=1S/C29H34N2O5S/c1-21(2)15-16-35-26-14-13-22(19-27(26)33-3)20-30-29(37)31-28(32)24-11-7-8-12-25(24)36-18-17-34-23-9-5-4-6-10-23/h4-14,19,21H,15-18,20H2,1-3H3,(H2,30,31,32,37). The third-order valence-electron chi connectivity index (χ3n) is 5.35. The van der Waals surface area contributed by atoms with E-state index in [1.807, 2.05) is 54.6 Å². The molecule has 0 radical (unpaired) electrons. The first-order valence-corrected chi connectivity index (χ1v) is 12.7. The summed E-state index contributed by atoms with van der Waals surface area (Å²) >= 11 is 5.34. The minimum atomic E-state index is -0.358. The Morgan fingerprint density at radius 1 is 0.838 bits per heavy atom. The van der Waals surface area contributed by atoms with E-state index in [0.717, 1.165) is 17.7 Å². The molecule has 0 bridgehead atoms. The number of thiocarbonyl (C=S) groups is 1. The van der Waals surface area contributed by atoms with Gasteiger partial charge in [0.15, 0.2) is 16.6 Å². The molecule has 8 heteroatoms. The van der Waals surface area contributed by atoms with E-state index in [-0.39, 0.29) is 11.0 Å². The van der Waals surface area contributed by atoms with Gasteiger partial charge in [-0.25, -0.2) is 0 Å². The smallest absolute Gasteiger partial charge is 0.261 e. The number of hydrogen-bond acceptors (Lipinski definition) is 6. The molecule has 196 valence electrons. The SMILES string of the molecule is COc1cc(CNC(=S)NC(=O)c2ccccc2OCCOc2ccccc2)ccc1OCCC(C)C. The maximum Gasteiger partial charge on any atom is 0.261 e. The Balaban J connectivity index is 1.48. The number of benzene rings is 3. The molecule has 0 spiro atoms. The lowest BCUT2D eigenvalue weighted by Gasteiger charge is -2.15. The number of rotatable bonds is 13. The summed E-state index contributed by atoms with van der Waals surface area (Å²) in [6.45, 7) is 6.01. The van der Waals surface area contributed by atoms with E-state index in [1.165, 1.54) is 0 Å². The van der Waals surface area contributed by atoms with E-state index in [2.05, 4.69) is 24.5 Å². The van der Waals surface area contributed by atoms with Crippen molar-refractivity contribution >= 4 is 23.2 Å². The van der Waals surface area contributed by atoms with Gasteiger partial charge in [0.25, 0.3) is 5.91 Å². The second-order valence-corrected chi connectivity index (χ2v) is 9.07. The molecule has 0 aliphatic rings. The number of methoxy groups -OCH3 is 1. The first-order chi connectivity index (χ1) is 18.0. The van der Waals surface area contributed by atoms with Crippen molar-refractivity contribution < 1.29 is 23.7 Å². The van der Waals surface area contributed by atoms with Gasteiger partial charge < -0.3 is 24.3 Å². The Kier molecular flexibility index (Phi) is 11.0. The molecule has 0 fully saturated rings. The van der Waals surface area contributed by atoms with E-state index in [1.54, 1.807) is 25.3 Å².